The Balaban J connectivity index is 2.26. The fourth-order valence-corrected chi connectivity index (χ4v) is 4.53. The quantitative estimate of drug-likeness (QED) is 0.342. The van der Waals surface area contributed by atoms with E-state index in [1.54, 1.807) is 12.3 Å². The molecule has 2 rings (SSSR count). The minimum atomic E-state index is -2.95. The molecule has 1 aromatic heterocycles. The number of oxime groups is 1. The van der Waals surface area contributed by atoms with Crippen LogP contribution in [0, 0.1) is 5.92 Å². The van der Waals surface area contributed by atoms with E-state index in [4.69, 9.17) is 16.4 Å². The number of carbonyl (C=O) groups is 1. The molecule has 2 atom stereocenters. The number of nitrogens with zero attached hydrogens (tertiary/aromatic N) is 4. The Bertz CT molecular complexity index is 870. The van der Waals surface area contributed by atoms with E-state index < -0.39 is 29.1 Å². The van der Waals surface area contributed by atoms with Gasteiger partial charge in [0.15, 0.2) is 5.71 Å². The average molecular weight is 495 g/mol. The number of hydrogen-bond donors (Lipinski definition) is 0. The second-order valence-corrected chi connectivity index (χ2v) is 9.73. The molecule has 0 fully saturated rings. The predicted molar refractivity (Wildman–Crippen MR) is 121 cm³/mol. The lowest BCUT2D eigenvalue weighted by atomic mass is 10.0. The van der Waals surface area contributed by atoms with Crippen LogP contribution in [0.25, 0.3) is 0 Å². The number of alkyl halides is 2. The highest BCUT2D eigenvalue weighted by Gasteiger charge is 2.29. The van der Waals surface area contributed by atoms with Crippen LogP contribution in [0.5, 0.6) is 5.19 Å². The lowest BCUT2D eigenvalue weighted by molar-refractivity contribution is -0.122. The van der Waals surface area contributed by atoms with Crippen molar-refractivity contribution in [2.75, 3.05) is 24.6 Å². The van der Waals surface area contributed by atoms with Crippen LogP contribution in [-0.2, 0) is 15.6 Å². The number of halogens is 3. The largest absolute Gasteiger partial charge is 0.324 e. The maximum Gasteiger partial charge on any atom is 0.305 e. The monoisotopic (exact) mass is 494 g/mol. The van der Waals surface area contributed by atoms with Crippen molar-refractivity contribution in [3.8, 4) is 5.19 Å². The smallest absolute Gasteiger partial charge is 0.305 e. The highest BCUT2D eigenvalue weighted by Crippen LogP contribution is 2.22. The molecule has 0 saturated carbocycles. The van der Waals surface area contributed by atoms with Crippen molar-refractivity contribution in [1.82, 2.24) is 9.88 Å². The second kappa shape index (κ2) is 11.8. The van der Waals surface area contributed by atoms with Gasteiger partial charge in [-0.05, 0) is 26.2 Å². The number of amides is 1. The molecule has 1 aliphatic rings. The number of allylic oxidation sites excluding steroid dienone is 1. The summed E-state index contributed by atoms with van der Waals surface area (Å²) in [4.78, 5) is 28.1. The molecule has 2 unspecified atom stereocenters. The summed E-state index contributed by atoms with van der Waals surface area (Å²) < 4.78 is 38.7. The standard InChI is InChI=1S/C19H25ClF2N4O3S2/c1-4-13-10-15(16(20)24-11-13)26(5-2)17(27)14(25-29-18-23-7-8-30-18)12-31(28)9-6-19(3,21)22/h7-8,10,13H,4-6,9,11-12H2,1-3H3. The number of thiazole rings is 1. The van der Waals surface area contributed by atoms with E-state index in [2.05, 4.69) is 15.1 Å². The summed E-state index contributed by atoms with van der Waals surface area (Å²) in [6.07, 6.45) is 3.65. The van der Waals surface area contributed by atoms with Crippen LogP contribution in [0.4, 0.5) is 8.78 Å². The normalized spacial score (nSPS) is 18.3. The van der Waals surface area contributed by atoms with Crippen molar-refractivity contribution >= 4 is 50.5 Å². The Kier molecular flexibility index (Phi) is 9.70. The van der Waals surface area contributed by atoms with Gasteiger partial charge < -0.3 is 9.74 Å². The molecule has 0 aliphatic carbocycles. The molecule has 7 nitrogen and oxygen atoms in total. The molecule has 0 saturated heterocycles. The van der Waals surface area contributed by atoms with Crippen LogP contribution in [0.1, 0.15) is 33.6 Å². The maximum absolute atomic E-state index is 13.3. The first-order chi connectivity index (χ1) is 14.6. The third-order valence-electron chi connectivity index (χ3n) is 4.40. The molecule has 172 valence electrons. The van der Waals surface area contributed by atoms with Crippen molar-refractivity contribution in [2.45, 2.75) is 39.5 Å². The van der Waals surface area contributed by atoms with Crippen molar-refractivity contribution in [1.29, 1.82) is 0 Å². The highest BCUT2D eigenvalue weighted by molar-refractivity contribution is 7.85. The fraction of sp³-hybridized carbons (Fsp3) is 0.579. The number of aromatic nitrogens is 1. The minimum Gasteiger partial charge on any atom is -0.324 e. The Morgan fingerprint density at radius 2 is 2.23 bits per heavy atom. The van der Waals surface area contributed by atoms with Gasteiger partial charge in [0.25, 0.3) is 5.91 Å². The van der Waals surface area contributed by atoms with Crippen LogP contribution in [0.3, 0.4) is 0 Å². The van der Waals surface area contributed by atoms with E-state index in [1.165, 1.54) is 11.1 Å². The number of carbonyl (C=O) groups excluding carboxylic acids is 1. The summed E-state index contributed by atoms with van der Waals surface area (Å²) in [5, 5.41) is 5.92. The molecule has 1 aromatic rings. The first kappa shape index (κ1) is 25.5. The van der Waals surface area contributed by atoms with Crippen LogP contribution >= 0.6 is 22.9 Å². The SMILES string of the molecule is CCC1C=C(N(CC)C(=O)C(CS(=O)CCC(C)(F)F)=NOc2nccs2)C(Cl)=NC1. The van der Waals surface area contributed by atoms with Crippen LogP contribution in [-0.4, -0.2) is 61.4 Å². The van der Waals surface area contributed by atoms with E-state index in [0.717, 1.165) is 24.7 Å². The predicted octanol–water partition coefficient (Wildman–Crippen LogP) is 4.08. The fourth-order valence-electron chi connectivity index (χ4n) is 2.64. The lowest BCUT2D eigenvalue weighted by Gasteiger charge is -2.27. The molecule has 0 aromatic carbocycles. The number of rotatable bonds is 11. The summed E-state index contributed by atoms with van der Waals surface area (Å²) >= 11 is 7.42. The molecule has 0 radical (unpaired) electrons. The van der Waals surface area contributed by atoms with Crippen molar-refractivity contribution in [3.05, 3.63) is 23.3 Å². The van der Waals surface area contributed by atoms with Gasteiger partial charge in [0.2, 0.25) is 5.92 Å². The van der Waals surface area contributed by atoms with E-state index >= 15 is 0 Å². The summed E-state index contributed by atoms with van der Waals surface area (Å²) in [5.41, 5.74) is 0.277. The van der Waals surface area contributed by atoms with E-state index in [0.29, 0.717) is 12.2 Å². The van der Waals surface area contributed by atoms with Gasteiger partial charge in [-0.25, -0.2) is 13.8 Å². The summed E-state index contributed by atoms with van der Waals surface area (Å²) in [6, 6.07) is 0. The van der Waals surface area contributed by atoms with Gasteiger partial charge in [-0.3, -0.25) is 14.0 Å². The topological polar surface area (TPSA) is 84.2 Å². The van der Waals surface area contributed by atoms with Crippen molar-refractivity contribution in [3.63, 3.8) is 0 Å². The zero-order valence-corrected chi connectivity index (χ0v) is 19.9. The minimum absolute atomic E-state index is 0.132. The number of hydrogen-bond acceptors (Lipinski definition) is 7. The summed E-state index contributed by atoms with van der Waals surface area (Å²) in [5.74, 6) is -4.01. The highest BCUT2D eigenvalue weighted by atomic mass is 35.5. The third kappa shape index (κ3) is 8.04. The Hall–Kier alpha value is -1.72. The van der Waals surface area contributed by atoms with Crippen molar-refractivity contribution in [2.24, 2.45) is 16.1 Å². The Morgan fingerprint density at radius 1 is 1.48 bits per heavy atom. The lowest BCUT2D eigenvalue weighted by Crippen LogP contribution is -2.41. The second-order valence-electron chi connectivity index (χ2n) is 6.94. The molecular formula is C19H25ClF2N4O3S2. The average Bonchev–Trinajstić information content (AvgIpc) is 3.24. The molecular weight excluding hydrogens is 470 g/mol. The van der Waals surface area contributed by atoms with Gasteiger partial charge in [0.05, 0.1) is 11.4 Å². The van der Waals surface area contributed by atoms with E-state index in [1.807, 2.05) is 13.0 Å². The van der Waals surface area contributed by atoms with Gasteiger partial charge >= 0.3 is 5.19 Å². The summed E-state index contributed by atoms with van der Waals surface area (Å²) in [6.45, 7) is 5.31. The summed E-state index contributed by atoms with van der Waals surface area (Å²) in [7, 11) is -1.74. The molecule has 0 bridgehead atoms. The number of dihydropyridines is 1. The Labute approximate surface area is 191 Å². The molecule has 1 aliphatic heterocycles. The molecule has 2 heterocycles. The van der Waals surface area contributed by atoms with Crippen LogP contribution < -0.4 is 4.84 Å². The van der Waals surface area contributed by atoms with E-state index in [9.17, 15) is 17.8 Å². The van der Waals surface area contributed by atoms with Gasteiger partial charge in [-0.15, -0.1) is 0 Å². The van der Waals surface area contributed by atoms with Gasteiger partial charge in [0.1, 0.15) is 5.17 Å². The van der Waals surface area contributed by atoms with E-state index in [-0.39, 0.29) is 40.0 Å². The van der Waals surface area contributed by atoms with Crippen molar-refractivity contribution < 1.29 is 22.6 Å². The molecule has 0 N–H and O–H groups in total. The van der Waals surface area contributed by atoms with Crippen LogP contribution in [0.15, 0.2) is 33.5 Å². The first-order valence-corrected chi connectivity index (χ1v) is 12.5. The zero-order chi connectivity index (χ0) is 23.0. The molecule has 12 heteroatoms. The molecule has 31 heavy (non-hydrogen) atoms. The first-order valence-electron chi connectivity index (χ1n) is 9.74. The van der Waals surface area contributed by atoms with Gasteiger partial charge in [0, 0.05) is 47.6 Å². The third-order valence-corrected chi connectivity index (χ3v) is 6.61. The van der Waals surface area contributed by atoms with Crippen LogP contribution in [0.2, 0.25) is 0 Å². The molecule has 1 amide bonds. The van der Waals surface area contributed by atoms with Gasteiger partial charge in [-0.2, -0.15) is 0 Å². The maximum atomic E-state index is 13.3. The van der Waals surface area contributed by atoms with Gasteiger partial charge in [-0.1, -0.05) is 41.1 Å². The number of aliphatic imine (C=N–C) groups is 1. The Morgan fingerprint density at radius 3 is 2.81 bits per heavy atom. The molecule has 0 spiro atoms. The zero-order valence-electron chi connectivity index (χ0n) is 17.5.